The van der Waals surface area contributed by atoms with Crippen molar-refractivity contribution in [3.8, 4) is 0 Å². The van der Waals surface area contributed by atoms with Crippen molar-refractivity contribution in [3.05, 3.63) is 28.5 Å². The SMILES string of the molecule is O=C(NCC1CSCCS1)c1cccnc1Br. The molecule has 1 N–H and O–H groups in total. The van der Waals surface area contributed by atoms with Gasteiger partial charge >= 0.3 is 0 Å². The lowest BCUT2D eigenvalue weighted by Gasteiger charge is -2.21. The molecule has 2 rings (SSSR count). The molecule has 0 saturated carbocycles. The maximum Gasteiger partial charge on any atom is 0.254 e. The van der Waals surface area contributed by atoms with Crippen LogP contribution in [0, 0.1) is 0 Å². The molecule has 0 spiro atoms. The number of halogens is 1. The number of nitrogens with one attached hydrogen (secondary N) is 1. The van der Waals surface area contributed by atoms with Gasteiger partial charge in [-0.15, -0.1) is 0 Å². The van der Waals surface area contributed by atoms with E-state index in [4.69, 9.17) is 0 Å². The van der Waals surface area contributed by atoms with E-state index in [1.807, 2.05) is 23.5 Å². The molecular weight excluding hydrogens is 320 g/mol. The minimum absolute atomic E-state index is 0.0545. The summed E-state index contributed by atoms with van der Waals surface area (Å²) in [6.45, 7) is 0.734. The largest absolute Gasteiger partial charge is 0.351 e. The van der Waals surface area contributed by atoms with Crippen molar-refractivity contribution in [2.75, 3.05) is 23.8 Å². The van der Waals surface area contributed by atoms with Gasteiger partial charge in [0.05, 0.1) is 5.56 Å². The molecule has 92 valence electrons. The predicted octanol–water partition coefficient (Wildman–Crippen LogP) is 2.42. The summed E-state index contributed by atoms with van der Waals surface area (Å²) < 4.78 is 0.600. The van der Waals surface area contributed by atoms with Crippen molar-refractivity contribution in [1.29, 1.82) is 0 Å². The van der Waals surface area contributed by atoms with Crippen LogP contribution in [0.4, 0.5) is 0 Å². The molecule has 0 aliphatic carbocycles. The number of hydrogen-bond acceptors (Lipinski definition) is 4. The molecular formula is C11H13BrN2OS2. The molecule has 17 heavy (non-hydrogen) atoms. The van der Waals surface area contributed by atoms with Crippen molar-refractivity contribution in [1.82, 2.24) is 10.3 Å². The third-order valence-corrected chi connectivity index (χ3v) is 5.86. The molecule has 1 aliphatic heterocycles. The second kappa shape index (κ2) is 6.66. The predicted molar refractivity (Wildman–Crippen MR) is 77.8 cm³/mol. The minimum Gasteiger partial charge on any atom is -0.351 e. The van der Waals surface area contributed by atoms with Gasteiger partial charge in [0.25, 0.3) is 5.91 Å². The van der Waals surface area contributed by atoms with Crippen molar-refractivity contribution in [2.24, 2.45) is 0 Å². The Morgan fingerprint density at radius 1 is 1.59 bits per heavy atom. The highest BCUT2D eigenvalue weighted by Crippen LogP contribution is 2.23. The highest BCUT2D eigenvalue weighted by Gasteiger charge is 2.16. The van der Waals surface area contributed by atoms with Crippen LogP contribution in [0.25, 0.3) is 0 Å². The zero-order valence-corrected chi connectivity index (χ0v) is 12.4. The van der Waals surface area contributed by atoms with Crippen LogP contribution in [-0.4, -0.2) is 39.9 Å². The Balaban J connectivity index is 1.87. The summed E-state index contributed by atoms with van der Waals surface area (Å²) in [7, 11) is 0. The van der Waals surface area contributed by atoms with E-state index in [0.717, 1.165) is 12.3 Å². The fourth-order valence-corrected chi connectivity index (χ4v) is 4.55. The topological polar surface area (TPSA) is 42.0 Å². The number of aromatic nitrogens is 1. The molecule has 1 atom stereocenters. The normalized spacial score (nSPS) is 19.9. The molecule has 0 radical (unpaired) electrons. The molecule has 1 amide bonds. The van der Waals surface area contributed by atoms with Gasteiger partial charge in [0.2, 0.25) is 0 Å². The van der Waals surface area contributed by atoms with Gasteiger partial charge in [-0.05, 0) is 28.1 Å². The first-order valence-electron chi connectivity index (χ1n) is 5.35. The zero-order chi connectivity index (χ0) is 12.1. The third-order valence-electron chi connectivity index (χ3n) is 2.38. The molecule has 1 aromatic heterocycles. The van der Waals surface area contributed by atoms with Gasteiger partial charge in [-0.25, -0.2) is 4.98 Å². The Bertz CT molecular complexity index is 397. The molecule has 0 bridgehead atoms. The Morgan fingerprint density at radius 2 is 2.47 bits per heavy atom. The van der Waals surface area contributed by atoms with Crippen LogP contribution < -0.4 is 5.32 Å². The van der Waals surface area contributed by atoms with Crippen LogP contribution in [-0.2, 0) is 0 Å². The number of amides is 1. The number of rotatable bonds is 3. The van der Waals surface area contributed by atoms with E-state index in [9.17, 15) is 4.79 Å². The maximum atomic E-state index is 11.9. The van der Waals surface area contributed by atoms with Crippen LogP contribution >= 0.6 is 39.5 Å². The van der Waals surface area contributed by atoms with E-state index in [-0.39, 0.29) is 5.91 Å². The number of carbonyl (C=O) groups is 1. The second-order valence-electron chi connectivity index (χ2n) is 3.62. The summed E-state index contributed by atoms with van der Waals surface area (Å²) in [5, 5.41) is 3.50. The van der Waals surface area contributed by atoms with Crippen LogP contribution in [0.15, 0.2) is 22.9 Å². The molecule has 1 aromatic rings. The summed E-state index contributed by atoms with van der Waals surface area (Å²) in [6.07, 6.45) is 1.66. The third kappa shape index (κ3) is 3.89. The molecule has 1 fully saturated rings. The first-order chi connectivity index (χ1) is 8.27. The van der Waals surface area contributed by atoms with Crippen LogP contribution in [0.3, 0.4) is 0 Å². The van der Waals surface area contributed by atoms with E-state index in [1.165, 1.54) is 11.5 Å². The first kappa shape index (κ1) is 13.2. The fraction of sp³-hybridized carbons (Fsp3) is 0.455. The molecule has 1 aliphatic rings. The highest BCUT2D eigenvalue weighted by molar-refractivity contribution is 9.10. The Labute approximate surface area is 118 Å². The lowest BCUT2D eigenvalue weighted by molar-refractivity contribution is 0.0953. The number of pyridine rings is 1. The quantitative estimate of drug-likeness (QED) is 0.863. The lowest BCUT2D eigenvalue weighted by Crippen LogP contribution is -2.33. The van der Waals surface area contributed by atoms with Gasteiger partial charge in [-0.3, -0.25) is 4.79 Å². The van der Waals surface area contributed by atoms with E-state index < -0.39 is 0 Å². The van der Waals surface area contributed by atoms with Gasteiger partial charge in [-0.2, -0.15) is 23.5 Å². The van der Waals surface area contributed by atoms with Crippen LogP contribution in [0.2, 0.25) is 0 Å². The number of hydrogen-bond donors (Lipinski definition) is 1. The lowest BCUT2D eigenvalue weighted by atomic mass is 10.2. The molecule has 6 heteroatoms. The standard InChI is InChI=1S/C11H13BrN2OS2/c12-10-9(2-1-3-13-10)11(15)14-6-8-7-16-4-5-17-8/h1-3,8H,4-7H2,(H,14,15). The van der Waals surface area contributed by atoms with Gasteiger partial charge in [-0.1, -0.05) is 0 Å². The smallest absolute Gasteiger partial charge is 0.254 e. The van der Waals surface area contributed by atoms with Gasteiger partial charge in [0, 0.05) is 35.3 Å². The minimum atomic E-state index is -0.0545. The second-order valence-corrected chi connectivity index (χ2v) is 6.93. The monoisotopic (exact) mass is 332 g/mol. The van der Waals surface area contributed by atoms with Crippen LogP contribution in [0.5, 0.6) is 0 Å². The number of carbonyl (C=O) groups excluding carboxylic acids is 1. The van der Waals surface area contributed by atoms with E-state index in [2.05, 4.69) is 26.2 Å². The van der Waals surface area contributed by atoms with E-state index >= 15 is 0 Å². The summed E-state index contributed by atoms with van der Waals surface area (Å²) in [5.41, 5.74) is 0.598. The Kier molecular flexibility index (Phi) is 5.18. The van der Waals surface area contributed by atoms with Crippen molar-refractivity contribution in [3.63, 3.8) is 0 Å². The molecule has 1 unspecified atom stereocenters. The van der Waals surface area contributed by atoms with Gasteiger partial charge in [0.1, 0.15) is 4.60 Å². The average molecular weight is 333 g/mol. The average Bonchev–Trinajstić information content (AvgIpc) is 2.38. The summed E-state index contributed by atoms with van der Waals surface area (Å²) in [5.74, 6) is 3.48. The maximum absolute atomic E-state index is 11.9. The summed E-state index contributed by atoms with van der Waals surface area (Å²) in [4.78, 5) is 16.0. The van der Waals surface area contributed by atoms with Crippen molar-refractivity contribution < 1.29 is 4.79 Å². The summed E-state index contributed by atoms with van der Waals surface area (Å²) >= 11 is 7.18. The van der Waals surface area contributed by atoms with Crippen molar-refractivity contribution >= 4 is 45.4 Å². The Morgan fingerprint density at radius 3 is 3.18 bits per heavy atom. The fourth-order valence-electron chi connectivity index (χ4n) is 1.51. The molecule has 0 aromatic carbocycles. The summed E-state index contributed by atoms with van der Waals surface area (Å²) in [6, 6.07) is 3.54. The molecule has 1 saturated heterocycles. The van der Waals surface area contributed by atoms with Gasteiger partial charge in [0.15, 0.2) is 0 Å². The Hall–Kier alpha value is -0.200. The van der Waals surface area contributed by atoms with Gasteiger partial charge < -0.3 is 5.32 Å². The van der Waals surface area contributed by atoms with Crippen molar-refractivity contribution in [2.45, 2.75) is 5.25 Å². The van der Waals surface area contributed by atoms with E-state index in [0.29, 0.717) is 15.4 Å². The zero-order valence-electron chi connectivity index (χ0n) is 9.19. The first-order valence-corrected chi connectivity index (χ1v) is 8.35. The number of thioether (sulfide) groups is 2. The molecule has 2 heterocycles. The highest BCUT2D eigenvalue weighted by atomic mass is 79.9. The molecule has 3 nitrogen and oxygen atoms in total. The van der Waals surface area contributed by atoms with E-state index in [1.54, 1.807) is 18.3 Å². The van der Waals surface area contributed by atoms with Crippen LogP contribution in [0.1, 0.15) is 10.4 Å². The number of nitrogens with zero attached hydrogens (tertiary/aromatic N) is 1.